The highest BCUT2D eigenvalue weighted by Gasteiger charge is 2.59. The third kappa shape index (κ3) is 4.91. The first-order chi connectivity index (χ1) is 15.6. The van der Waals surface area contributed by atoms with E-state index in [0.717, 1.165) is 54.8 Å². The van der Waals surface area contributed by atoms with Crippen LogP contribution in [0.4, 0.5) is 0 Å². The molecule has 4 rings (SSSR count). The van der Waals surface area contributed by atoms with Crippen molar-refractivity contribution in [1.82, 2.24) is 0 Å². The third-order valence-corrected chi connectivity index (χ3v) is 11.1. The van der Waals surface area contributed by atoms with Crippen LogP contribution in [0.5, 0.6) is 0 Å². The van der Waals surface area contributed by atoms with Crippen LogP contribution in [0.3, 0.4) is 0 Å². The normalized spacial score (nSPS) is 41.2. The highest BCUT2D eigenvalue weighted by molar-refractivity contribution is 6.52. The molecular formula is C29H46Cl2O2. The Morgan fingerprint density at radius 1 is 1.06 bits per heavy atom. The minimum absolute atomic E-state index is 0.0650. The molecule has 0 heterocycles. The highest BCUT2D eigenvalue weighted by Crippen LogP contribution is 2.67. The van der Waals surface area contributed by atoms with E-state index < -0.39 is 10.8 Å². The van der Waals surface area contributed by atoms with Crippen molar-refractivity contribution < 1.29 is 9.53 Å². The van der Waals surface area contributed by atoms with Crippen LogP contribution in [0.1, 0.15) is 105 Å². The lowest BCUT2D eigenvalue weighted by Crippen LogP contribution is -2.51. The van der Waals surface area contributed by atoms with E-state index in [0.29, 0.717) is 5.41 Å². The summed E-state index contributed by atoms with van der Waals surface area (Å²) in [7, 11) is 0. The number of halogens is 2. The Balaban J connectivity index is 1.45. The molecule has 0 amide bonds. The van der Waals surface area contributed by atoms with E-state index in [-0.39, 0.29) is 11.5 Å². The van der Waals surface area contributed by atoms with Crippen molar-refractivity contribution in [3.05, 3.63) is 11.6 Å². The third-order valence-electron chi connectivity index (χ3n) is 10.7. The number of fused-ring (bicyclic) bond motifs is 5. The topological polar surface area (TPSA) is 26.3 Å². The molecule has 0 aromatic rings. The number of carbonyl (C=O) groups excluding carboxylic acids is 1. The first-order valence-corrected chi connectivity index (χ1v) is 14.6. The van der Waals surface area contributed by atoms with E-state index in [1.165, 1.54) is 56.9 Å². The van der Waals surface area contributed by atoms with E-state index in [9.17, 15) is 4.79 Å². The average molecular weight is 498 g/mol. The van der Waals surface area contributed by atoms with E-state index in [1.807, 2.05) is 0 Å². The predicted molar refractivity (Wildman–Crippen MR) is 138 cm³/mol. The molecule has 188 valence electrons. The predicted octanol–water partition coefficient (Wildman–Crippen LogP) is 8.74. The van der Waals surface area contributed by atoms with Gasteiger partial charge in [0.1, 0.15) is 6.10 Å². The van der Waals surface area contributed by atoms with Crippen molar-refractivity contribution in [2.24, 2.45) is 46.3 Å². The van der Waals surface area contributed by atoms with E-state index in [2.05, 4.69) is 40.7 Å². The van der Waals surface area contributed by atoms with Crippen molar-refractivity contribution >= 4 is 29.2 Å². The molecule has 0 unspecified atom stereocenters. The molecule has 3 saturated carbocycles. The Hall–Kier alpha value is -0.210. The number of rotatable bonds is 7. The molecule has 4 aliphatic rings. The van der Waals surface area contributed by atoms with Crippen molar-refractivity contribution in [1.29, 1.82) is 0 Å². The second-order valence-electron chi connectivity index (χ2n) is 12.9. The van der Waals surface area contributed by atoms with Crippen LogP contribution in [0.25, 0.3) is 0 Å². The summed E-state index contributed by atoms with van der Waals surface area (Å²) >= 11 is 11.4. The zero-order valence-electron chi connectivity index (χ0n) is 21.5. The standard InChI is InChI=1S/C29H46Cl2O2/c1-18(2)7-6-8-19(3)23-11-12-24-22-10-9-20-17-21(33-27(32)26(30)31)13-15-28(20,4)25(22)14-16-29(23,24)5/h9,18-19,21-26H,6-8,10-17H2,1-5H3/t19-,21-,22+,23-,24+,25+,28+,29-/m1/s1. The van der Waals surface area contributed by atoms with Crippen molar-refractivity contribution in [2.75, 3.05) is 0 Å². The second kappa shape index (κ2) is 10.0. The Bertz CT molecular complexity index is 746. The molecule has 0 bridgehead atoms. The maximum Gasteiger partial charge on any atom is 0.339 e. The van der Waals surface area contributed by atoms with Gasteiger partial charge in [-0.05, 0) is 91.3 Å². The van der Waals surface area contributed by atoms with E-state index in [4.69, 9.17) is 27.9 Å². The molecule has 33 heavy (non-hydrogen) atoms. The van der Waals surface area contributed by atoms with Crippen LogP contribution >= 0.6 is 23.2 Å². The van der Waals surface area contributed by atoms with Crippen LogP contribution in [0.2, 0.25) is 0 Å². The molecule has 0 aliphatic heterocycles. The van der Waals surface area contributed by atoms with Gasteiger partial charge in [0.05, 0.1) is 0 Å². The largest absolute Gasteiger partial charge is 0.460 e. The minimum Gasteiger partial charge on any atom is -0.460 e. The zero-order valence-corrected chi connectivity index (χ0v) is 23.1. The molecule has 2 nitrogen and oxygen atoms in total. The van der Waals surface area contributed by atoms with Gasteiger partial charge in [0.2, 0.25) is 4.84 Å². The summed E-state index contributed by atoms with van der Waals surface area (Å²) in [5, 5.41) is 0. The second-order valence-corrected chi connectivity index (χ2v) is 14.0. The molecule has 4 heteroatoms. The molecular weight excluding hydrogens is 451 g/mol. The Labute approximate surface area is 212 Å². The van der Waals surface area contributed by atoms with Gasteiger partial charge in [-0.2, -0.15) is 0 Å². The molecule has 0 spiro atoms. The Kier molecular flexibility index (Phi) is 7.87. The van der Waals surface area contributed by atoms with Gasteiger partial charge in [0, 0.05) is 6.42 Å². The van der Waals surface area contributed by atoms with Crippen LogP contribution < -0.4 is 0 Å². The van der Waals surface area contributed by atoms with Gasteiger partial charge in [-0.15, -0.1) is 0 Å². The summed E-state index contributed by atoms with van der Waals surface area (Å²) < 4.78 is 5.61. The Morgan fingerprint density at radius 2 is 1.82 bits per heavy atom. The van der Waals surface area contributed by atoms with Crippen molar-refractivity contribution in [3.8, 4) is 0 Å². The van der Waals surface area contributed by atoms with Gasteiger partial charge in [-0.1, -0.05) is 88.7 Å². The first kappa shape index (κ1) is 25.9. The maximum atomic E-state index is 11.9. The summed E-state index contributed by atoms with van der Waals surface area (Å²) in [6.07, 6.45) is 16.4. The van der Waals surface area contributed by atoms with Crippen LogP contribution in [-0.2, 0) is 9.53 Å². The number of esters is 1. The fourth-order valence-electron chi connectivity index (χ4n) is 8.97. The lowest BCUT2D eigenvalue weighted by molar-refractivity contribution is -0.149. The number of hydrogen-bond donors (Lipinski definition) is 0. The van der Waals surface area contributed by atoms with Gasteiger partial charge in [0.15, 0.2) is 0 Å². The average Bonchev–Trinajstić information content (AvgIpc) is 3.11. The summed E-state index contributed by atoms with van der Waals surface area (Å²) in [5.74, 6) is 4.60. The molecule has 0 N–H and O–H groups in total. The van der Waals surface area contributed by atoms with Crippen LogP contribution in [-0.4, -0.2) is 16.9 Å². The number of ether oxygens (including phenoxy) is 1. The molecule has 8 atom stereocenters. The summed E-state index contributed by atoms with van der Waals surface area (Å²) in [6.45, 7) is 12.4. The number of carbonyl (C=O) groups is 1. The fourth-order valence-corrected chi connectivity index (χ4v) is 9.07. The van der Waals surface area contributed by atoms with Crippen LogP contribution in [0, 0.1) is 46.3 Å². The maximum absolute atomic E-state index is 11.9. The quantitative estimate of drug-likeness (QED) is 0.200. The molecule has 0 radical (unpaired) electrons. The van der Waals surface area contributed by atoms with Crippen molar-refractivity contribution in [3.63, 3.8) is 0 Å². The van der Waals surface area contributed by atoms with Gasteiger partial charge in [-0.25, -0.2) is 4.79 Å². The first-order valence-electron chi connectivity index (χ1n) is 13.7. The molecule has 4 aliphatic carbocycles. The highest BCUT2D eigenvalue weighted by atomic mass is 35.5. The SMILES string of the molecule is CC(C)CCC[C@@H](C)[C@H]1CC[C@H]2[C@@H]3CC=C4C[C@H](OC(=O)C(Cl)Cl)CC[C@]4(C)[C@H]3CC[C@]12C. The number of alkyl halides is 2. The Morgan fingerprint density at radius 3 is 2.52 bits per heavy atom. The summed E-state index contributed by atoms with van der Waals surface area (Å²) in [6, 6.07) is 0. The minimum atomic E-state index is -1.08. The zero-order chi connectivity index (χ0) is 24.0. The molecule has 0 aromatic heterocycles. The molecule has 3 fully saturated rings. The van der Waals surface area contributed by atoms with Crippen LogP contribution in [0.15, 0.2) is 11.6 Å². The fraction of sp³-hybridized carbons (Fsp3) is 0.897. The van der Waals surface area contributed by atoms with E-state index >= 15 is 0 Å². The number of allylic oxidation sites excluding steroid dienone is 1. The van der Waals surface area contributed by atoms with Crippen molar-refractivity contribution in [2.45, 2.75) is 116 Å². The van der Waals surface area contributed by atoms with Gasteiger partial charge < -0.3 is 4.74 Å². The smallest absolute Gasteiger partial charge is 0.339 e. The van der Waals surface area contributed by atoms with E-state index in [1.54, 1.807) is 0 Å². The van der Waals surface area contributed by atoms with Gasteiger partial charge >= 0.3 is 5.97 Å². The summed E-state index contributed by atoms with van der Waals surface area (Å²) in [5.41, 5.74) is 2.34. The van der Waals surface area contributed by atoms with Gasteiger partial charge in [-0.3, -0.25) is 0 Å². The number of hydrogen-bond acceptors (Lipinski definition) is 2. The summed E-state index contributed by atoms with van der Waals surface area (Å²) in [4.78, 5) is 10.8. The lowest BCUT2D eigenvalue weighted by atomic mass is 9.47. The van der Waals surface area contributed by atoms with Gasteiger partial charge in [0.25, 0.3) is 0 Å². The molecule has 0 saturated heterocycles. The monoisotopic (exact) mass is 496 g/mol. The molecule has 0 aromatic carbocycles. The lowest BCUT2D eigenvalue weighted by Gasteiger charge is -2.58.